The minimum absolute atomic E-state index is 0.0398. The van der Waals surface area contributed by atoms with Crippen LogP contribution in [0.5, 0.6) is 0 Å². The van der Waals surface area contributed by atoms with E-state index in [1.54, 1.807) is 0 Å². The monoisotopic (exact) mass is 352 g/mol. The zero-order valence-electron chi connectivity index (χ0n) is 14.8. The van der Waals surface area contributed by atoms with Crippen molar-refractivity contribution in [3.63, 3.8) is 0 Å². The van der Waals surface area contributed by atoms with Gasteiger partial charge in [-0.25, -0.2) is 0 Å². The number of likely N-dealkylation sites (tertiary alicyclic amines) is 1. The van der Waals surface area contributed by atoms with E-state index in [4.69, 9.17) is 14.2 Å². The maximum Gasteiger partial charge on any atom is 0.236 e. The molecule has 1 saturated carbocycles. The van der Waals surface area contributed by atoms with Crippen molar-refractivity contribution in [2.45, 2.75) is 43.9 Å². The molecular formula is C18H28N2O5. The molecule has 0 bridgehead atoms. The summed E-state index contributed by atoms with van der Waals surface area (Å²) in [4.78, 5) is 29.0. The zero-order chi connectivity index (χ0) is 17.3. The van der Waals surface area contributed by atoms with Gasteiger partial charge in [0.1, 0.15) is 5.78 Å². The van der Waals surface area contributed by atoms with Gasteiger partial charge in [-0.2, -0.15) is 0 Å². The Morgan fingerprint density at radius 1 is 1.12 bits per heavy atom. The van der Waals surface area contributed by atoms with Crippen LogP contribution in [0.3, 0.4) is 0 Å². The number of rotatable bonds is 3. The Balaban J connectivity index is 1.33. The smallest absolute Gasteiger partial charge is 0.236 e. The van der Waals surface area contributed by atoms with Gasteiger partial charge in [0.05, 0.1) is 33.0 Å². The molecule has 0 aromatic carbocycles. The fourth-order valence-corrected chi connectivity index (χ4v) is 4.63. The minimum atomic E-state index is -0.450. The SMILES string of the molecule is O=C1CCC[C@H]1[C@H]1COCCN1CC(=O)N1CCC2(CC1)OCCO2. The molecule has 1 spiro atoms. The van der Waals surface area contributed by atoms with Gasteiger partial charge in [-0.15, -0.1) is 0 Å². The summed E-state index contributed by atoms with van der Waals surface area (Å²) in [7, 11) is 0. The molecule has 1 aliphatic carbocycles. The first-order valence-corrected chi connectivity index (χ1v) is 9.57. The molecule has 0 unspecified atom stereocenters. The van der Waals surface area contributed by atoms with E-state index in [0.29, 0.717) is 58.3 Å². The number of hydrogen-bond donors (Lipinski definition) is 0. The second-order valence-corrected chi connectivity index (χ2v) is 7.57. The number of morpholine rings is 1. The highest BCUT2D eigenvalue weighted by atomic mass is 16.7. The number of hydrogen-bond acceptors (Lipinski definition) is 6. The van der Waals surface area contributed by atoms with Crippen molar-refractivity contribution in [2.75, 3.05) is 52.6 Å². The quantitative estimate of drug-likeness (QED) is 0.733. The van der Waals surface area contributed by atoms with Crippen LogP contribution in [0.1, 0.15) is 32.1 Å². The Morgan fingerprint density at radius 3 is 2.56 bits per heavy atom. The van der Waals surface area contributed by atoms with Crippen molar-refractivity contribution in [3.8, 4) is 0 Å². The van der Waals surface area contributed by atoms with Gasteiger partial charge in [0.25, 0.3) is 0 Å². The van der Waals surface area contributed by atoms with E-state index >= 15 is 0 Å². The van der Waals surface area contributed by atoms with Crippen LogP contribution in [0.2, 0.25) is 0 Å². The zero-order valence-corrected chi connectivity index (χ0v) is 14.8. The first kappa shape index (κ1) is 17.4. The lowest BCUT2D eigenvalue weighted by atomic mass is 9.95. The second-order valence-electron chi connectivity index (χ2n) is 7.57. The van der Waals surface area contributed by atoms with Gasteiger partial charge >= 0.3 is 0 Å². The van der Waals surface area contributed by atoms with Gasteiger partial charge in [-0.1, -0.05) is 0 Å². The van der Waals surface area contributed by atoms with Crippen molar-refractivity contribution in [1.29, 1.82) is 0 Å². The Labute approximate surface area is 148 Å². The Hall–Kier alpha value is -1.02. The molecule has 4 fully saturated rings. The van der Waals surface area contributed by atoms with Gasteiger partial charge < -0.3 is 19.1 Å². The molecule has 2 atom stereocenters. The van der Waals surface area contributed by atoms with E-state index in [-0.39, 0.29) is 17.9 Å². The summed E-state index contributed by atoms with van der Waals surface area (Å²) in [6, 6.07) is 0.0605. The fraction of sp³-hybridized carbons (Fsp3) is 0.889. The van der Waals surface area contributed by atoms with E-state index in [9.17, 15) is 9.59 Å². The van der Waals surface area contributed by atoms with Gasteiger partial charge in [0, 0.05) is 50.9 Å². The number of Topliss-reactive ketones (excluding diaryl/α,β-unsaturated/α-hetero) is 1. The number of amides is 1. The van der Waals surface area contributed by atoms with Crippen molar-refractivity contribution in [3.05, 3.63) is 0 Å². The summed E-state index contributed by atoms with van der Waals surface area (Å²) in [6.07, 6.45) is 4.06. The molecule has 3 saturated heterocycles. The van der Waals surface area contributed by atoms with Crippen molar-refractivity contribution in [2.24, 2.45) is 5.92 Å². The van der Waals surface area contributed by atoms with Gasteiger partial charge in [-0.3, -0.25) is 14.5 Å². The summed E-state index contributed by atoms with van der Waals surface area (Å²) in [5.74, 6) is 0.0701. The third kappa shape index (κ3) is 3.60. The molecule has 140 valence electrons. The van der Waals surface area contributed by atoms with E-state index in [1.165, 1.54) is 0 Å². The first-order chi connectivity index (χ1) is 12.2. The summed E-state index contributed by atoms with van der Waals surface area (Å²) in [6.45, 7) is 4.96. The van der Waals surface area contributed by atoms with Crippen LogP contribution in [0, 0.1) is 5.92 Å². The van der Waals surface area contributed by atoms with Crippen LogP contribution in [-0.4, -0.2) is 85.9 Å². The van der Waals surface area contributed by atoms with Gasteiger partial charge in [-0.05, 0) is 12.8 Å². The Bertz CT molecular complexity index is 510. The molecule has 7 nitrogen and oxygen atoms in total. The average Bonchev–Trinajstić information content (AvgIpc) is 3.25. The number of carbonyl (C=O) groups excluding carboxylic acids is 2. The topological polar surface area (TPSA) is 68.3 Å². The molecule has 4 rings (SSSR count). The molecule has 1 amide bonds. The molecule has 0 aromatic heterocycles. The van der Waals surface area contributed by atoms with Crippen molar-refractivity contribution >= 4 is 11.7 Å². The van der Waals surface area contributed by atoms with Crippen molar-refractivity contribution < 1.29 is 23.8 Å². The fourth-order valence-electron chi connectivity index (χ4n) is 4.63. The van der Waals surface area contributed by atoms with Crippen LogP contribution < -0.4 is 0 Å². The van der Waals surface area contributed by atoms with Crippen LogP contribution in [-0.2, 0) is 23.8 Å². The molecule has 4 aliphatic rings. The second kappa shape index (κ2) is 7.31. The summed E-state index contributed by atoms with van der Waals surface area (Å²) >= 11 is 0. The van der Waals surface area contributed by atoms with Crippen LogP contribution >= 0.6 is 0 Å². The lowest BCUT2D eigenvalue weighted by Gasteiger charge is -2.41. The van der Waals surface area contributed by atoms with Crippen LogP contribution in [0.4, 0.5) is 0 Å². The van der Waals surface area contributed by atoms with E-state index in [1.807, 2.05) is 4.90 Å². The lowest BCUT2D eigenvalue weighted by molar-refractivity contribution is -0.188. The third-order valence-corrected chi connectivity index (χ3v) is 6.13. The highest BCUT2D eigenvalue weighted by Gasteiger charge is 2.42. The lowest BCUT2D eigenvalue weighted by Crippen LogP contribution is -2.55. The predicted octanol–water partition coefficient (Wildman–Crippen LogP) is 0.422. The predicted molar refractivity (Wildman–Crippen MR) is 89.0 cm³/mol. The average molecular weight is 352 g/mol. The number of ketones is 1. The number of carbonyl (C=O) groups is 2. The van der Waals surface area contributed by atoms with Crippen LogP contribution in [0.15, 0.2) is 0 Å². The van der Waals surface area contributed by atoms with Gasteiger partial charge in [0.2, 0.25) is 5.91 Å². The number of piperidine rings is 1. The Morgan fingerprint density at radius 2 is 1.88 bits per heavy atom. The van der Waals surface area contributed by atoms with E-state index < -0.39 is 5.79 Å². The molecule has 25 heavy (non-hydrogen) atoms. The summed E-state index contributed by atoms with van der Waals surface area (Å²) in [5.41, 5.74) is 0. The number of ether oxygens (including phenoxy) is 3. The normalized spacial score (nSPS) is 33.3. The van der Waals surface area contributed by atoms with Crippen LogP contribution in [0.25, 0.3) is 0 Å². The molecule has 7 heteroatoms. The first-order valence-electron chi connectivity index (χ1n) is 9.57. The molecular weight excluding hydrogens is 324 g/mol. The molecule has 0 radical (unpaired) electrons. The van der Waals surface area contributed by atoms with E-state index in [0.717, 1.165) is 32.2 Å². The largest absolute Gasteiger partial charge is 0.378 e. The third-order valence-electron chi connectivity index (χ3n) is 6.13. The maximum atomic E-state index is 12.8. The van der Waals surface area contributed by atoms with Gasteiger partial charge in [0.15, 0.2) is 5.79 Å². The number of nitrogens with zero attached hydrogens (tertiary/aromatic N) is 2. The molecule has 0 aromatic rings. The van der Waals surface area contributed by atoms with E-state index in [2.05, 4.69) is 4.90 Å². The molecule has 0 N–H and O–H groups in total. The minimum Gasteiger partial charge on any atom is -0.378 e. The summed E-state index contributed by atoms with van der Waals surface area (Å²) < 4.78 is 17.1. The standard InChI is InChI=1S/C18H28N2O5/c21-16-3-1-2-14(16)15-13-23-9-8-20(15)12-17(22)19-6-4-18(5-7-19)24-10-11-25-18/h14-15H,1-13H2/t14-,15+/m0/s1. The summed E-state index contributed by atoms with van der Waals surface area (Å²) in [5, 5.41) is 0. The van der Waals surface area contributed by atoms with Crippen molar-refractivity contribution in [1.82, 2.24) is 9.80 Å². The highest BCUT2D eigenvalue weighted by Crippen LogP contribution is 2.32. The molecule has 3 aliphatic heterocycles. The highest BCUT2D eigenvalue weighted by molar-refractivity contribution is 5.84. The Kier molecular flexibility index (Phi) is 5.08. The molecule has 3 heterocycles. The maximum absolute atomic E-state index is 12.8.